The molecule has 0 atom stereocenters. The maximum absolute atomic E-state index is 14.3. The lowest BCUT2D eigenvalue weighted by Gasteiger charge is -2.12. The first kappa shape index (κ1) is 16.6. The van der Waals surface area contributed by atoms with Crippen LogP contribution in [0.3, 0.4) is 0 Å². The molecule has 0 spiro atoms. The zero-order chi connectivity index (χ0) is 15.6. The molecule has 0 unspecified atom stereocenters. The molecule has 0 aliphatic rings. The number of hydrogen-bond donors (Lipinski definition) is 1. The van der Waals surface area contributed by atoms with Gasteiger partial charge in [-0.2, -0.15) is 0 Å². The molecule has 0 saturated carbocycles. The van der Waals surface area contributed by atoms with Gasteiger partial charge in [0, 0.05) is 28.7 Å². The summed E-state index contributed by atoms with van der Waals surface area (Å²) in [4.78, 5) is 0. The number of benzene rings is 2. The molecule has 2 rings (SSSR count). The molecule has 1 nitrogen and oxygen atoms in total. The van der Waals surface area contributed by atoms with E-state index in [2.05, 4.69) is 5.32 Å². The number of hydrogen-bond acceptors (Lipinski definition) is 1. The van der Waals surface area contributed by atoms with E-state index >= 15 is 0 Å². The van der Waals surface area contributed by atoms with Gasteiger partial charge in [-0.1, -0.05) is 60.8 Å². The van der Waals surface area contributed by atoms with Gasteiger partial charge in [-0.3, -0.25) is 0 Å². The van der Waals surface area contributed by atoms with Crippen LogP contribution >= 0.6 is 34.8 Å². The van der Waals surface area contributed by atoms with Gasteiger partial charge in [-0.05, 0) is 23.8 Å². The molecular formula is C16H15Cl3FN. The highest BCUT2D eigenvalue weighted by molar-refractivity contribution is 6.41. The van der Waals surface area contributed by atoms with Crippen LogP contribution in [0.25, 0.3) is 11.1 Å². The minimum Gasteiger partial charge on any atom is -0.310 e. The Balaban J connectivity index is 2.38. The predicted molar refractivity (Wildman–Crippen MR) is 88.8 cm³/mol. The highest BCUT2D eigenvalue weighted by Gasteiger charge is 2.14. The fraction of sp³-hybridized carbons (Fsp3) is 0.250. The highest BCUT2D eigenvalue weighted by Crippen LogP contribution is 2.38. The summed E-state index contributed by atoms with van der Waals surface area (Å²) in [5.74, 6) is -0.357. The van der Waals surface area contributed by atoms with Gasteiger partial charge in [-0.15, -0.1) is 0 Å². The van der Waals surface area contributed by atoms with Crippen molar-refractivity contribution in [2.45, 2.75) is 26.4 Å². The molecule has 2 aromatic carbocycles. The summed E-state index contributed by atoms with van der Waals surface area (Å²) < 4.78 is 14.3. The summed E-state index contributed by atoms with van der Waals surface area (Å²) in [6.45, 7) is 4.69. The minimum absolute atomic E-state index is 0.333. The molecule has 5 heteroatoms. The summed E-state index contributed by atoms with van der Waals surface area (Å²) in [6, 6.07) is 8.48. The highest BCUT2D eigenvalue weighted by atomic mass is 35.5. The topological polar surface area (TPSA) is 12.0 Å². The summed E-state index contributed by atoms with van der Waals surface area (Å²) in [7, 11) is 0. The van der Waals surface area contributed by atoms with Crippen molar-refractivity contribution in [3.63, 3.8) is 0 Å². The van der Waals surface area contributed by atoms with Crippen LogP contribution in [0.2, 0.25) is 15.1 Å². The van der Waals surface area contributed by atoms with Crippen molar-refractivity contribution in [1.29, 1.82) is 0 Å². The van der Waals surface area contributed by atoms with Gasteiger partial charge in [0.05, 0.1) is 10.0 Å². The molecule has 0 fully saturated rings. The van der Waals surface area contributed by atoms with Crippen molar-refractivity contribution in [3.8, 4) is 11.1 Å². The molecule has 0 amide bonds. The molecule has 0 saturated heterocycles. The van der Waals surface area contributed by atoms with Gasteiger partial charge >= 0.3 is 0 Å². The van der Waals surface area contributed by atoms with Crippen LogP contribution in [-0.4, -0.2) is 6.04 Å². The minimum atomic E-state index is -0.357. The molecule has 0 radical (unpaired) electrons. The standard InChI is InChI=1S/C16H15Cl3FN/c1-9(2)21-8-10-3-4-12(15(20)5-10)16-13(18)6-11(17)7-14(16)19/h3-7,9,21H,8H2,1-2H3. The van der Waals surface area contributed by atoms with Gasteiger partial charge in [-0.25, -0.2) is 4.39 Å². The smallest absolute Gasteiger partial charge is 0.131 e. The van der Waals surface area contributed by atoms with Crippen LogP contribution in [-0.2, 0) is 6.54 Å². The Morgan fingerprint density at radius 1 is 1.05 bits per heavy atom. The van der Waals surface area contributed by atoms with Gasteiger partial charge in [0.2, 0.25) is 0 Å². The van der Waals surface area contributed by atoms with Gasteiger partial charge in [0.25, 0.3) is 0 Å². The van der Waals surface area contributed by atoms with Gasteiger partial charge < -0.3 is 5.32 Å². The Morgan fingerprint density at radius 2 is 1.67 bits per heavy atom. The van der Waals surface area contributed by atoms with E-state index in [0.29, 0.717) is 38.8 Å². The normalized spacial score (nSPS) is 11.2. The molecule has 0 bridgehead atoms. The maximum atomic E-state index is 14.3. The molecule has 0 heterocycles. The first-order valence-corrected chi connectivity index (χ1v) is 7.68. The van der Waals surface area contributed by atoms with Crippen molar-refractivity contribution in [3.05, 3.63) is 56.8 Å². The number of halogens is 4. The molecule has 0 aliphatic heterocycles. The van der Waals surface area contributed by atoms with E-state index < -0.39 is 0 Å². The quantitative estimate of drug-likeness (QED) is 0.721. The van der Waals surface area contributed by atoms with Crippen molar-refractivity contribution in [2.24, 2.45) is 0 Å². The molecule has 112 valence electrons. The summed E-state index contributed by atoms with van der Waals surface area (Å²) in [5.41, 5.74) is 1.70. The second kappa shape index (κ2) is 6.97. The van der Waals surface area contributed by atoms with Gasteiger partial charge in [0.15, 0.2) is 0 Å². The first-order chi connectivity index (χ1) is 9.88. The number of rotatable bonds is 4. The average molecular weight is 347 g/mol. The lowest BCUT2D eigenvalue weighted by atomic mass is 10.0. The lowest BCUT2D eigenvalue weighted by molar-refractivity contribution is 0.582. The lowest BCUT2D eigenvalue weighted by Crippen LogP contribution is -2.21. The van der Waals surface area contributed by atoms with Crippen LogP contribution in [0.15, 0.2) is 30.3 Å². The monoisotopic (exact) mass is 345 g/mol. The summed E-state index contributed by atoms with van der Waals surface area (Å²) >= 11 is 18.1. The summed E-state index contributed by atoms with van der Waals surface area (Å²) in [5, 5.41) is 4.33. The van der Waals surface area contributed by atoms with E-state index in [-0.39, 0.29) is 5.82 Å². The Hall–Kier alpha value is -0.800. The van der Waals surface area contributed by atoms with Crippen molar-refractivity contribution in [1.82, 2.24) is 5.32 Å². The molecule has 2 aromatic rings. The number of nitrogens with one attached hydrogen (secondary N) is 1. The van der Waals surface area contributed by atoms with Gasteiger partial charge in [0.1, 0.15) is 5.82 Å². The SMILES string of the molecule is CC(C)NCc1ccc(-c2c(Cl)cc(Cl)cc2Cl)c(F)c1. The molecule has 0 aliphatic carbocycles. The second-order valence-electron chi connectivity index (χ2n) is 5.09. The van der Waals surface area contributed by atoms with Crippen LogP contribution in [0.5, 0.6) is 0 Å². The molecule has 21 heavy (non-hydrogen) atoms. The Bertz CT molecular complexity index is 633. The van der Waals surface area contributed by atoms with Crippen molar-refractivity contribution < 1.29 is 4.39 Å². The van der Waals surface area contributed by atoms with E-state index in [1.807, 2.05) is 19.9 Å². The third-order valence-corrected chi connectivity index (χ3v) is 3.84. The van der Waals surface area contributed by atoms with Crippen LogP contribution in [0.4, 0.5) is 4.39 Å². The Kier molecular flexibility index (Phi) is 5.50. The van der Waals surface area contributed by atoms with Crippen LogP contribution < -0.4 is 5.32 Å². The molecule has 1 N–H and O–H groups in total. The second-order valence-corrected chi connectivity index (χ2v) is 6.35. The zero-order valence-corrected chi connectivity index (χ0v) is 14.0. The van der Waals surface area contributed by atoms with Crippen LogP contribution in [0.1, 0.15) is 19.4 Å². The van der Waals surface area contributed by atoms with E-state index in [0.717, 1.165) is 5.56 Å². The molecule has 0 aromatic heterocycles. The van der Waals surface area contributed by atoms with E-state index in [1.54, 1.807) is 18.2 Å². The maximum Gasteiger partial charge on any atom is 0.131 e. The van der Waals surface area contributed by atoms with E-state index in [9.17, 15) is 4.39 Å². The Labute approximate surface area is 139 Å². The average Bonchev–Trinajstić information content (AvgIpc) is 2.37. The van der Waals surface area contributed by atoms with Crippen molar-refractivity contribution >= 4 is 34.8 Å². The molecular weight excluding hydrogens is 332 g/mol. The van der Waals surface area contributed by atoms with Crippen LogP contribution in [0, 0.1) is 5.82 Å². The Morgan fingerprint density at radius 3 is 2.19 bits per heavy atom. The summed E-state index contributed by atoms with van der Waals surface area (Å²) in [6.07, 6.45) is 0. The van der Waals surface area contributed by atoms with E-state index in [4.69, 9.17) is 34.8 Å². The van der Waals surface area contributed by atoms with Crippen molar-refractivity contribution in [2.75, 3.05) is 0 Å². The predicted octanol–water partition coefficient (Wildman–Crippen LogP) is 5.95. The third-order valence-electron chi connectivity index (χ3n) is 3.02. The fourth-order valence-corrected chi connectivity index (χ4v) is 3.01. The van der Waals surface area contributed by atoms with E-state index in [1.165, 1.54) is 6.07 Å². The fourth-order valence-electron chi connectivity index (χ4n) is 1.99. The third kappa shape index (κ3) is 4.10. The largest absolute Gasteiger partial charge is 0.310 e. The zero-order valence-electron chi connectivity index (χ0n) is 11.7. The first-order valence-electron chi connectivity index (χ1n) is 6.55.